The first-order chi connectivity index (χ1) is 8.19. The quantitative estimate of drug-likeness (QED) is 0.605. The predicted octanol–water partition coefficient (Wildman–Crippen LogP) is -1.77. The van der Waals surface area contributed by atoms with E-state index in [1.807, 2.05) is 6.07 Å². The van der Waals surface area contributed by atoms with Crippen LogP contribution in [-0.4, -0.2) is 18.7 Å². The van der Waals surface area contributed by atoms with E-state index >= 15 is 0 Å². The molecule has 0 spiro atoms. The number of H-pyrrole nitrogens is 1. The van der Waals surface area contributed by atoms with Crippen LogP contribution in [0.25, 0.3) is 0 Å². The first-order valence-electron chi connectivity index (χ1n) is 5.71. The maximum atomic E-state index is 11.2. The zero-order valence-electron chi connectivity index (χ0n) is 10.1. The van der Waals surface area contributed by atoms with Crippen LogP contribution < -0.4 is 33.8 Å². The Hall–Kier alpha value is -1.69. The number of hydrogen-bond donors (Lipinski definition) is 3. The first-order valence-corrected chi connectivity index (χ1v) is 5.71. The summed E-state index contributed by atoms with van der Waals surface area (Å²) in [4.78, 5) is 14.2. The van der Waals surface area contributed by atoms with Gasteiger partial charge in [0.25, 0.3) is 0 Å². The number of aromatic amines is 1. The number of pyridine rings is 1. The topological polar surface area (TPSA) is 90.5 Å². The number of hydrogen-bond acceptors (Lipinski definition) is 4. The molecule has 0 radical (unpaired) electrons. The van der Waals surface area contributed by atoms with Crippen molar-refractivity contribution in [2.24, 2.45) is 0 Å². The van der Waals surface area contributed by atoms with E-state index in [9.17, 15) is 4.79 Å². The second-order valence-corrected chi connectivity index (χ2v) is 3.96. The molecule has 100 valence electrons. The van der Waals surface area contributed by atoms with Crippen LogP contribution in [0.5, 0.6) is 0 Å². The fourth-order valence-electron chi connectivity index (χ4n) is 1.43. The maximum Gasteiger partial charge on any atom is 0.411 e. The molecule has 1 aliphatic rings. The van der Waals surface area contributed by atoms with Gasteiger partial charge >= 0.3 is 6.09 Å². The summed E-state index contributed by atoms with van der Waals surface area (Å²) in [6.07, 6.45) is 1.88. The fraction of sp³-hybridized carbons (Fsp3) is 0.455. The number of nitrogens with one attached hydrogen (secondary N) is 3. The average Bonchev–Trinajstić information content (AvgIpc) is 3.06. The molecule has 1 fully saturated rings. The number of rotatable bonds is 4. The Morgan fingerprint density at radius 3 is 2.83 bits per heavy atom. The summed E-state index contributed by atoms with van der Waals surface area (Å²) in [7, 11) is 0. The second-order valence-electron chi connectivity index (χ2n) is 3.96. The monoisotopic (exact) mass is 272 g/mol. The van der Waals surface area contributed by atoms with Gasteiger partial charge < -0.3 is 28.2 Å². The van der Waals surface area contributed by atoms with E-state index in [0.29, 0.717) is 24.2 Å². The first kappa shape index (κ1) is 14.4. The van der Waals surface area contributed by atoms with Crippen molar-refractivity contribution in [3.8, 4) is 0 Å². The van der Waals surface area contributed by atoms with E-state index in [1.165, 1.54) is 12.8 Å². The summed E-state index contributed by atoms with van der Waals surface area (Å²) >= 11 is 0. The Kier molecular flexibility index (Phi) is 5.03. The molecule has 18 heavy (non-hydrogen) atoms. The molecule has 0 aliphatic heterocycles. The maximum absolute atomic E-state index is 11.2. The Morgan fingerprint density at radius 1 is 1.56 bits per heavy atom. The van der Waals surface area contributed by atoms with Crippen LogP contribution in [0.2, 0.25) is 0 Å². The van der Waals surface area contributed by atoms with Gasteiger partial charge in [0, 0.05) is 6.07 Å². The summed E-state index contributed by atoms with van der Waals surface area (Å²) < 4.78 is 4.77. The van der Waals surface area contributed by atoms with Crippen LogP contribution in [0.3, 0.4) is 0 Å². The van der Waals surface area contributed by atoms with Crippen molar-refractivity contribution >= 4 is 23.4 Å². The van der Waals surface area contributed by atoms with E-state index in [0.717, 1.165) is 5.82 Å². The molecule has 1 aromatic rings. The number of anilines is 3. The minimum Gasteiger partial charge on any atom is -1.00 e. The molecule has 6 nitrogen and oxygen atoms in total. The van der Waals surface area contributed by atoms with Crippen molar-refractivity contribution in [1.29, 1.82) is 0 Å². The van der Waals surface area contributed by atoms with Crippen LogP contribution in [0, 0.1) is 0 Å². The largest absolute Gasteiger partial charge is 1.00 e. The van der Waals surface area contributed by atoms with Crippen LogP contribution in [-0.2, 0) is 4.74 Å². The van der Waals surface area contributed by atoms with Gasteiger partial charge in [0.1, 0.15) is 5.69 Å². The van der Waals surface area contributed by atoms with E-state index in [1.54, 1.807) is 13.0 Å². The molecule has 1 aromatic heterocycles. The van der Waals surface area contributed by atoms with Gasteiger partial charge in [-0.1, -0.05) is 0 Å². The number of carbonyl (C=O) groups excluding carboxylic acids is 1. The molecule has 0 unspecified atom stereocenters. The molecule has 1 aliphatic carbocycles. The van der Waals surface area contributed by atoms with Crippen molar-refractivity contribution in [2.75, 3.05) is 23.0 Å². The molecule has 7 heteroatoms. The lowest BCUT2D eigenvalue weighted by molar-refractivity contribution is -0.342. The molecule has 1 amide bonds. The predicted molar refractivity (Wildman–Crippen MR) is 64.7 cm³/mol. The molecule has 0 atom stereocenters. The summed E-state index contributed by atoms with van der Waals surface area (Å²) in [5, 5.41) is 5.84. The van der Waals surface area contributed by atoms with Crippen molar-refractivity contribution in [3.05, 3.63) is 12.1 Å². The van der Waals surface area contributed by atoms with Crippen LogP contribution in [0.4, 0.5) is 22.1 Å². The molecule has 1 heterocycles. The SMILES string of the molecule is CCOC(=O)Nc1ccc(NC2CC2)[nH+]c1N.[Cl-]. The third kappa shape index (κ3) is 3.96. The van der Waals surface area contributed by atoms with E-state index < -0.39 is 6.09 Å². The van der Waals surface area contributed by atoms with Crippen molar-refractivity contribution in [2.45, 2.75) is 25.8 Å². The molecule has 0 bridgehead atoms. The fourth-order valence-corrected chi connectivity index (χ4v) is 1.43. The van der Waals surface area contributed by atoms with Gasteiger partial charge in [-0.2, -0.15) is 0 Å². The van der Waals surface area contributed by atoms with E-state index in [4.69, 9.17) is 10.5 Å². The molecule has 1 saturated carbocycles. The molecule has 0 saturated heterocycles. The molecule has 2 rings (SSSR count). The average molecular weight is 273 g/mol. The smallest absolute Gasteiger partial charge is 0.411 e. The molecule has 0 aromatic carbocycles. The number of carbonyl (C=O) groups is 1. The third-order valence-corrected chi connectivity index (χ3v) is 2.43. The molecular weight excluding hydrogens is 256 g/mol. The summed E-state index contributed by atoms with van der Waals surface area (Å²) in [5.74, 6) is 1.27. The lowest BCUT2D eigenvalue weighted by atomic mass is 10.3. The van der Waals surface area contributed by atoms with Gasteiger partial charge in [-0.25, -0.2) is 9.78 Å². The van der Waals surface area contributed by atoms with Crippen molar-refractivity contribution in [3.63, 3.8) is 0 Å². The lowest BCUT2D eigenvalue weighted by Crippen LogP contribution is -3.00. The highest BCUT2D eigenvalue weighted by Gasteiger charge is 2.25. The van der Waals surface area contributed by atoms with E-state index in [2.05, 4.69) is 15.6 Å². The Balaban J connectivity index is 0.00000162. The number of nitrogen functional groups attached to an aromatic ring is 1. The van der Waals surface area contributed by atoms with Gasteiger partial charge in [-0.15, -0.1) is 0 Å². The van der Waals surface area contributed by atoms with Gasteiger partial charge in [-0.05, 0) is 25.8 Å². The minimum atomic E-state index is -0.504. The number of halogens is 1. The number of aromatic nitrogens is 1. The van der Waals surface area contributed by atoms with Crippen LogP contribution in [0.15, 0.2) is 12.1 Å². The summed E-state index contributed by atoms with van der Waals surface area (Å²) in [6, 6.07) is 4.14. The molecular formula is C11H17ClN4O2. The number of nitrogens with two attached hydrogens (primary N) is 1. The van der Waals surface area contributed by atoms with E-state index in [-0.39, 0.29) is 12.4 Å². The van der Waals surface area contributed by atoms with Crippen molar-refractivity contribution in [1.82, 2.24) is 0 Å². The van der Waals surface area contributed by atoms with Crippen LogP contribution >= 0.6 is 0 Å². The Morgan fingerprint density at radius 2 is 2.28 bits per heavy atom. The third-order valence-electron chi connectivity index (χ3n) is 2.43. The van der Waals surface area contributed by atoms with Crippen LogP contribution in [0.1, 0.15) is 19.8 Å². The van der Waals surface area contributed by atoms with Gasteiger partial charge in [0.2, 0.25) is 11.6 Å². The van der Waals surface area contributed by atoms with Gasteiger partial charge in [-0.3, -0.25) is 5.32 Å². The minimum absolute atomic E-state index is 0. The zero-order valence-corrected chi connectivity index (χ0v) is 10.9. The highest BCUT2D eigenvalue weighted by molar-refractivity contribution is 5.87. The standard InChI is InChI=1S/C11H16N4O2.ClH/c1-2-17-11(16)14-8-5-6-9(15-10(8)12)13-7-3-4-7;/h5-7H,2-4H2,1H3,(H,14,16)(H3,12,13,15);1H. The lowest BCUT2D eigenvalue weighted by Gasteiger charge is -2.06. The highest BCUT2D eigenvalue weighted by atomic mass is 35.5. The molecule has 5 N–H and O–H groups in total. The second kappa shape index (κ2) is 6.30. The Labute approximate surface area is 112 Å². The Bertz CT molecular complexity index is 424. The summed E-state index contributed by atoms with van der Waals surface area (Å²) in [6.45, 7) is 2.08. The zero-order chi connectivity index (χ0) is 12.3. The number of amides is 1. The van der Waals surface area contributed by atoms with Gasteiger partial charge in [0.15, 0.2) is 0 Å². The van der Waals surface area contributed by atoms with Gasteiger partial charge in [0.05, 0.1) is 12.6 Å². The number of ether oxygens (including phenoxy) is 1. The normalized spacial score (nSPS) is 13.4. The van der Waals surface area contributed by atoms with Crippen molar-refractivity contribution < 1.29 is 26.9 Å². The highest BCUT2D eigenvalue weighted by Crippen LogP contribution is 2.24. The summed E-state index contributed by atoms with van der Waals surface area (Å²) in [5.41, 5.74) is 6.31.